The van der Waals surface area contributed by atoms with Gasteiger partial charge in [0.15, 0.2) is 0 Å². The molecule has 2 aromatic rings. The Bertz CT molecular complexity index is 575. The molecule has 1 unspecified atom stereocenters. The van der Waals surface area contributed by atoms with Gasteiger partial charge in [0.25, 0.3) is 0 Å². The van der Waals surface area contributed by atoms with Gasteiger partial charge in [-0.1, -0.05) is 30.3 Å². The monoisotopic (exact) mass is 273 g/mol. The first-order chi connectivity index (χ1) is 9.57. The number of anilines is 3. The molecule has 6 nitrogen and oxygen atoms in total. The van der Waals surface area contributed by atoms with Crippen molar-refractivity contribution in [3.63, 3.8) is 0 Å². The minimum Gasteiger partial charge on any atom is -0.394 e. The fourth-order valence-electron chi connectivity index (χ4n) is 1.95. The second-order valence-corrected chi connectivity index (χ2v) is 4.73. The van der Waals surface area contributed by atoms with Crippen LogP contribution in [-0.2, 0) is 5.54 Å². The topological polar surface area (TPSA) is 96.1 Å². The summed E-state index contributed by atoms with van der Waals surface area (Å²) in [5.74, 6) is 1.35. The van der Waals surface area contributed by atoms with Crippen LogP contribution in [0.4, 0.5) is 17.6 Å². The quantitative estimate of drug-likeness (QED) is 0.658. The van der Waals surface area contributed by atoms with Crippen molar-refractivity contribution < 1.29 is 5.11 Å². The van der Waals surface area contributed by atoms with Crippen molar-refractivity contribution in [3.05, 3.63) is 42.0 Å². The maximum atomic E-state index is 9.74. The Morgan fingerprint density at radius 2 is 1.85 bits per heavy atom. The molecule has 5 N–H and O–H groups in total. The van der Waals surface area contributed by atoms with Crippen LogP contribution in [0.25, 0.3) is 0 Å². The summed E-state index contributed by atoms with van der Waals surface area (Å²) >= 11 is 0. The van der Waals surface area contributed by atoms with Crippen LogP contribution in [0, 0.1) is 0 Å². The molecule has 0 aliphatic rings. The lowest BCUT2D eigenvalue weighted by Crippen LogP contribution is -2.36. The highest BCUT2D eigenvalue weighted by molar-refractivity contribution is 5.52. The van der Waals surface area contributed by atoms with E-state index in [0.717, 1.165) is 5.56 Å². The van der Waals surface area contributed by atoms with E-state index in [1.807, 2.05) is 37.3 Å². The zero-order valence-corrected chi connectivity index (χ0v) is 11.6. The van der Waals surface area contributed by atoms with Crippen molar-refractivity contribution in [3.8, 4) is 0 Å². The number of rotatable bonds is 5. The molecule has 1 atom stereocenters. The molecule has 1 heterocycles. The first-order valence-corrected chi connectivity index (χ1v) is 6.34. The average molecular weight is 273 g/mol. The lowest BCUT2D eigenvalue weighted by Gasteiger charge is -2.30. The molecule has 6 heteroatoms. The lowest BCUT2D eigenvalue weighted by atomic mass is 9.93. The number of benzene rings is 1. The van der Waals surface area contributed by atoms with E-state index in [9.17, 15) is 5.11 Å². The van der Waals surface area contributed by atoms with Crippen molar-refractivity contribution in [2.45, 2.75) is 12.5 Å². The minimum atomic E-state index is -0.646. The molecule has 0 saturated carbocycles. The van der Waals surface area contributed by atoms with Crippen molar-refractivity contribution in [2.24, 2.45) is 0 Å². The highest BCUT2D eigenvalue weighted by Gasteiger charge is 2.26. The Hall–Kier alpha value is -2.34. The van der Waals surface area contributed by atoms with Gasteiger partial charge in [0.05, 0.1) is 12.1 Å². The minimum absolute atomic E-state index is 0.0736. The molecule has 0 radical (unpaired) electrons. The zero-order valence-electron chi connectivity index (χ0n) is 11.6. The third-order valence-electron chi connectivity index (χ3n) is 3.13. The van der Waals surface area contributed by atoms with Gasteiger partial charge in [-0.25, -0.2) is 0 Å². The van der Waals surface area contributed by atoms with Crippen LogP contribution in [0.5, 0.6) is 0 Å². The first kappa shape index (κ1) is 14.1. The van der Waals surface area contributed by atoms with Crippen molar-refractivity contribution in [2.75, 3.05) is 30.0 Å². The van der Waals surface area contributed by atoms with E-state index < -0.39 is 5.54 Å². The summed E-state index contributed by atoms with van der Waals surface area (Å²) in [6, 6.07) is 11.4. The van der Waals surface area contributed by atoms with E-state index in [1.165, 1.54) is 0 Å². The molecule has 0 fully saturated rings. The number of hydrogen-bond donors (Lipinski definition) is 4. The Morgan fingerprint density at radius 3 is 2.45 bits per heavy atom. The smallest absolute Gasteiger partial charge is 0.223 e. The van der Waals surface area contributed by atoms with Gasteiger partial charge >= 0.3 is 0 Å². The highest BCUT2D eigenvalue weighted by atomic mass is 16.3. The third-order valence-corrected chi connectivity index (χ3v) is 3.13. The van der Waals surface area contributed by atoms with Crippen LogP contribution >= 0.6 is 0 Å². The summed E-state index contributed by atoms with van der Waals surface area (Å²) in [5.41, 5.74) is 5.99. The van der Waals surface area contributed by atoms with Gasteiger partial charge in [0, 0.05) is 13.1 Å². The third kappa shape index (κ3) is 2.97. The molecule has 1 aromatic carbocycles. The number of nitrogens with one attached hydrogen (secondary N) is 2. The lowest BCUT2D eigenvalue weighted by molar-refractivity contribution is 0.223. The van der Waals surface area contributed by atoms with Gasteiger partial charge in [-0.05, 0) is 12.5 Å². The fraction of sp³-hybridized carbons (Fsp3) is 0.286. The second-order valence-electron chi connectivity index (χ2n) is 4.73. The number of aromatic nitrogens is 2. The van der Waals surface area contributed by atoms with Crippen molar-refractivity contribution in [1.29, 1.82) is 0 Å². The number of hydrogen-bond acceptors (Lipinski definition) is 6. The number of nitrogen functional groups attached to an aromatic ring is 1. The average Bonchev–Trinajstić information content (AvgIpc) is 2.47. The van der Waals surface area contributed by atoms with Crippen LogP contribution in [0.1, 0.15) is 12.5 Å². The largest absolute Gasteiger partial charge is 0.394 e. The van der Waals surface area contributed by atoms with Gasteiger partial charge in [-0.15, -0.1) is 0 Å². The van der Waals surface area contributed by atoms with E-state index in [4.69, 9.17) is 5.73 Å². The van der Waals surface area contributed by atoms with Gasteiger partial charge in [-0.2, -0.15) is 9.97 Å². The predicted molar refractivity (Wildman–Crippen MR) is 80.5 cm³/mol. The van der Waals surface area contributed by atoms with Crippen LogP contribution in [0.3, 0.4) is 0 Å². The molecule has 1 aromatic heterocycles. The van der Waals surface area contributed by atoms with Crippen molar-refractivity contribution in [1.82, 2.24) is 9.97 Å². The van der Waals surface area contributed by atoms with E-state index in [1.54, 1.807) is 13.1 Å². The summed E-state index contributed by atoms with van der Waals surface area (Å²) < 4.78 is 0. The molecule has 0 aliphatic heterocycles. The normalized spacial score (nSPS) is 13.6. The summed E-state index contributed by atoms with van der Waals surface area (Å²) in [4.78, 5) is 8.18. The highest BCUT2D eigenvalue weighted by Crippen LogP contribution is 2.25. The molecule has 0 amide bonds. The number of aliphatic hydroxyl groups is 1. The SMILES string of the molecule is CNc1cc(NC(C)(CO)c2ccccc2)nc(N)n1. The van der Waals surface area contributed by atoms with Crippen molar-refractivity contribution >= 4 is 17.6 Å². The predicted octanol–water partition coefficient (Wildman–Crippen LogP) is 1.42. The molecule has 0 aliphatic carbocycles. The molecular formula is C14H19N5O. The molecular weight excluding hydrogens is 254 g/mol. The van der Waals surface area contributed by atoms with E-state index in [0.29, 0.717) is 11.6 Å². The second kappa shape index (κ2) is 5.75. The van der Waals surface area contributed by atoms with Crippen LogP contribution < -0.4 is 16.4 Å². The Morgan fingerprint density at radius 1 is 1.20 bits per heavy atom. The van der Waals surface area contributed by atoms with E-state index in [2.05, 4.69) is 20.6 Å². The van der Waals surface area contributed by atoms with E-state index in [-0.39, 0.29) is 12.6 Å². The maximum absolute atomic E-state index is 9.74. The van der Waals surface area contributed by atoms with Crippen LogP contribution in [-0.4, -0.2) is 28.7 Å². The van der Waals surface area contributed by atoms with Gasteiger partial charge < -0.3 is 21.5 Å². The van der Waals surface area contributed by atoms with Crippen LogP contribution in [0.2, 0.25) is 0 Å². The zero-order chi connectivity index (χ0) is 14.6. The Labute approximate surface area is 118 Å². The maximum Gasteiger partial charge on any atom is 0.223 e. The molecule has 2 rings (SSSR count). The molecule has 20 heavy (non-hydrogen) atoms. The standard InChI is InChI=1S/C14H19N5O/c1-14(9-20,10-6-4-3-5-7-10)19-12-8-11(16-2)17-13(15)18-12/h3-8,20H,9H2,1-2H3,(H4,15,16,17,18,19). The number of aliphatic hydroxyl groups excluding tert-OH is 1. The summed E-state index contributed by atoms with van der Waals surface area (Å²) in [6.07, 6.45) is 0. The fourth-order valence-corrected chi connectivity index (χ4v) is 1.95. The molecule has 0 spiro atoms. The summed E-state index contributed by atoms with van der Waals surface area (Å²) in [5, 5.41) is 15.9. The molecule has 0 saturated heterocycles. The first-order valence-electron chi connectivity index (χ1n) is 6.34. The van der Waals surface area contributed by atoms with Gasteiger partial charge in [0.1, 0.15) is 11.6 Å². The van der Waals surface area contributed by atoms with Gasteiger partial charge in [-0.3, -0.25) is 0 Å². The van der Waals surface area contributed by atoms with Crippen LogP contribution in [0.15, 0.2) is 36.4 Å². The van der Waals surface area contributed by atoms with Gasteiger partial charge in [0.2, 0.25) is 5.95 Å². The molecule has 106 valence electrons. The number of nitrogens with two attached hydrogens (primary N) is 1. The summed E-state index contributed by atoms with van der Waals surface area (Å²) in [6.45, 7) is 1.83. The Balaban J connectivity index is 2.33. The summed E-state index contributed by atoms with van der Waals surface area (Å²) in [7, 11) is 1.76. The van der Waals surface area contributed by atoms with E-state index >= 15 is 0 Å². The molecule has 0 bridgehead atoms. The number of nitrogens with zero attached hydrogens (tertiary/aromatic N) is 2. The Kier molecular flexibility index (Phi) is 4.05.